The number of hydrogen-bond donors (Lipinski definition) is 1. The van der Waals surface area contributed by atoms with Gasteiger partial charge in [-0.05, 0) is 30.3 Å². The molecule has 0 aliphatic carbocycles. The van der Waals surface area contributed by atoms with Crippen LogP contribution in [0.15, 0.2) is 42.6 Å². The van der Waals surface area contributed by atoms with Crippen molar-refractivity contribution in [1.29, 1.82) is 5.26 Å². The molecule has 26 heavy (non-hydrogen) atoms. The normalized spacial score (nSPS) is 9.77. The molecule has 0 aliphatic heterocycles. The summed E-state index contributed by atoms with van der Waals surface area (Å²) in [5.41, 5.74) is 2.64. The van der Waals surface area contributed by atoms with Crippen LogP contribution in [-0.4, -0.2) is 26.3 Å². The van der Waals surface area contributed by atoms with Crippen molar-refractivity contribution in [3.05, 3.63) is 48.2 Å². The molecule has 134 valence electrons. The van der Waals surface area contributed by atoms with Crippen molar-refractivity contribution in [3.8, 4) is 23.3 Å². The zero-order valence-electron chi connectivity index (χ0n) is 14.6. The van der Waals surface area contributed by atoms with E-state index in [1.54, 1.807) is 33.6 Å². The Balaban J connectivity index is 0.00000243. The van der Waals surface area contributed by atoms with Crippen molar-refractivity contribution in [2.24, 2.45) is 0 Å². The summed E-state index contributed by atoms with van der Waals surface area (Å²) in [7, 11) is 4.76. The first-order chi connectivity index (χ1) is 12.2. The minimum atomic E-state index is 0. The summed E-state index contributed by atoms with van der Waals surface area (Å²) in [4.78, 5) is 4.33. The van der Waals surface area contributed by atoms with Gasteiger partial charge in [0.25, 0.3) is 0 Å². The van der Waals surface area contributed by atoms with Gasteiger partial charge < -0.3 is 19.5 Å². The summed E-state index contributed by atoms with van der Waals surface area (Å²) in [6.45, 7) is 0. The molecule has 0 saturated heterocycles. The van der Waals surface area contributed by atoms with Crippen molar-refractivity contribution in [1.82, 2.24) is 4.98 Å². The lowest BCUT2D eigenvalue weighted by atomic mass is 10.1. The fourth-order valence-electron chi connectivity index (χ4n) is 2.58. The first kappa shape index (κ1) is 19.2. The standard InChI is InChI=1S/C19H17N3O3.ClH/c1-23-14-5-6-16-15(9-14)19(12(10-20)11-21-16)22-13-4-7-17(24-2)18(8-13)25-3;/h4-9,11H,1-3H3,(H,21,22);1H. The van der Waals surface area contributed by atoms with Gasteiger partial charge in [-0.25, -0.2) is 0 Å². The lowest BCUT2D eigenvalue weighted by molar-refractivity contribution is 0.355. The highest BCUT2D eigenvalue weighted by Gasteiger charge is 2.12. The Kier molecular flexibility index (Phi) is 6.10. The minimum absolute atomic E-state index is 0. The maximum Gasteiger partial charge on any atom is 0.162 e. The quantitative estimate of drug-likeness (QED) is 0.720. The van der Waals surface area contributed by atoms with Gasteiger partial charge in [0.15, 0.2) is 11.5 Å². The molecule has 2 aromatic carbocycles. The van der Waals surface area contributed by atoms with E-state index < -0.39 is 0 Å². The number of rotatable bonds is 5. The predicted molar refractivity (Wildman–Crippen MR) is 103 cm³/mol. The number of nitrogens with zero attached hydrogens (tertiary/aromatic N) is 2. The maximum absolute atomic E-state index is 9.46. The van der Waals surface area contributed by atoms with E-state index in [-0.39, 0.29) is 12.4 Å². The Morgan fingerprint density at radius 1 is 0.962 bits per heavy atom. The molecule has 3 rings (SSSR count). The smallest absolute Gasteiger partial charge is 0.162 e. The van der Waals surface area contributed by atoms with Gasteiger partial charge in [-0.2, -0.15) is 5.26 Å². The molecule has 6 nitrogen and oxygen atoms in total. The van der Waals surface area contributed by atoms with Gasteiger partial charge >= 0.3 is 0 Å². The summed E-state index contributed by atoms with van der Waals surface area (Å²) in [6, 6.07) is 13.2. The topological polar surface area (TPSA) is 76.4 Å². The number of ether oxygens (including phenoxy) is 3. The third-order valence-electron chi connectivity index (χ3n) is 3.85. The number of nitrogens with one attached hydrogen (secondary N) is 1. The van der Waals surface area contributed by atoms with Gasteiger partial charge in [0.1, 0.15) is 11.8 Å². The fourth-order valence-corrected chi connectivity index (χ4v) is 2.58. The van der Waals surface area contributed by atoms with Gasteiger partial charge in [0.05, 0.1) is 38.1 Å². The largest absolute Gasteiger partial charge is 0.497 e. The summed E-state index contributed by atoms with van der Waals surface area (Å²) in [6.07, 6.45) is 1.55. The Morgan fingerprint density at radius 2 is 1.73 bits per heavy atom. The number of anilines is 2. The van der Waals surface area contributed by atoms with E-state index in [4.69, 9.17) is 14.2 Å². The monoisotopic (exact) mass is 371 g/mol. The number of nitriles is 1. The zero-order valence-corrected chi connectivity index (χ0v) is 15.4. The Labute approximate surface area is 157 Å². The molecule has 0 fully saturated rings. The number of halogens is 1. The summed E-state index contributed by atoms with van der Waals surface area (Å²) >= 11 is 0. The molecule has 0 saturated carbocycles. The molecule has 0 spiro atoms. The van der Waals surface area contributed by atoms with Crippen LogP contribution in [0.2, 0.25) is 0 Å². The molecule has 0 atom stereocenters. The summed E-state index contributed by atoms with van der Waals surface area (Å²) < 4.78 is 15.9. The second-order valence-electron chi connectivity index (χ2n) is 5.24. The van der Waals surface area contributed by atoms with E-state index in [0.29, 0.717) is 28.5 Å². The molecular formula is C19H18ClN3O3. The fraction of sp³-hybridized carbons (Fsp3) is 0.158. The van der Waals surface area contributed by atoms with Crippen LogP contribution in [0.5, 0.6) is 17.2 Å². The molecular weight excluding hydrogens is 354 g/mol. The molecule has 0 unspecified atom stereocenters. The maximum atomic E-state index is 9.46. The van der Waals surface area contributed by atoms with Gasteiger partial charge in [-0.3, -0.25) is 4.98 Å². The van der Waals surface area contributed by atoms with Gasteiger partial charge in [-0.1, -0.05) is 0 Å². The molecule has 1 heterocycles. The Morgan fingerprint density at radius 3 is 2.38 bits per heavy atom. The highest BCUT2D eigenvalue weighted by atomic mass is 35.5. The summed E-state index contributed by atoms with van der Waals surface area (Å²) in [5.74, 6) is 1.93. The lowest BCUT2D eigenvalue weighted by Crippen LogP contribution is -1.98. The Hall–Kier alpha value is -3.17. The van der Waals surface area contributed by atoms with Crippen molar-refractivity contribution in [3.63, 3.8) is 0 Å². The van der Waals surface area contributed by atoms with Crippen LogP contribution in [0.3, 0.4) is 0 Å². The van der Waals surface area contributed by atoms with Crippen LogP contribution < -0.4 is 19.5 Å². The number of benzene rings is 2. The van der Waals surface area contributed by atoms with Crippen LogP contribution in [0, 0.1) is 11.3 Å². The van der Waals surface area contributed by atoms with E-state index in [2.05, 4.69) is 16.4 Å². The van der Waals surface area contributed by atoms with Crippen molar-refractivity contribution >= 4 is 34.7 Å². The zero-order chi connectivity index (χ0) is 17.8. The molecule has 1 N–H and O–H groups in total. The first-order valence-corrected chi connectivity index (χ1v) is 7.56. The van der Waals surface area contributed by atoms with Crippen LogP contribution in [0.4, 0.5) is 11.4 Å². The number of methoxy groups -OCH3 is 3. The molecule has 7 heteroatoms. The second kappa shape index (κ2) is 8.28. The molecule has 1 aromatic heterocycles. The van der Waals surface area contributed by atoms with Crippen LogP contribution in [0.1, 0.15) is 5.56 Å². The van der Waals surface area contributed by atoms with Crippen LogP contribution in [-0.2, 0) is 0 Å². The lowest BCUT2D eigenvalue weighted by Gasteiger charge is -2.14. The predicted octanol–water partition coefficient (Wildman–Crippen LogP) is 4.30. The number of hydrogen-bond acceptors (Lipinski definition) is 6. The third-order valence-corrected chi connectivity index (χ3v) is 3.85. The Bertz CT molecular complexity index is 970. The number of fused-ring (bicyclic) bond motifs is 1. The van der Waals surface area contributed by atoms with Crippen LogP contribution in [0.25, 0.3) is 10.9 Å². The van der Waals surface area contributed by atoms with E-state index >= 15 is 0 Å². The third kappa shape index (κ3) is 3.58. The van der Waals surface area contributed by atoms with Crippen molar-refractivity contribution < 1.29 is 14.2 Å². The minimum Gasteiger partial charge on any atom is -0.497 e. The van der Waals surface area contributed by atoms with Crippen molar-refractivity contribution in [2.45, 2.75) is 0 Å². The van der Waals surface area contributed by atoms with E-state index in [1.807, 2.05) is 30.3 Å². The van der Waals surface area contributed by atoms with Gasteiger partial charge in [0, 0.05) is 23.3 Å². The number of aromatic nitrogens is 1. The number of pyridine rings is 1. The molecule has 0 bridgehead atoms. The molecule has 0 radical (unpaired) electrons. The molecule has 3 aromatic rings. The molecule has 0 amide bonds. The average molecular weight is 372 g/mol. The van der Waals surface area contributed by atoms with E-state index in [9.17, 15) is 5.26 Å². The highest BCUT2D eigenvalue weighted by Crippen LogP contribution is 2.35. The van der Waals surface area contributed by atoms with E-state index in [0.717, 1.165) is 16.6 Å². The van der Waals surface area contributed by atoms with E-state index in [1.165, 1.54) is 0 Å². The van der Waals surface area contributed by atoms with Gasteiger partial charge in [0.2, 0.25) is 0 Å². The summed E-state index contributed by atoms with van der Waals surface area (Å²) in [5, 5.41) is 13.5. The average Bonchev–Trinajstić information content (AvgIpc) is 2.67. The van der Waals surface area contributed by atoms with Crippen LogP contribution >= 0.6 is 12.4 Å². The second-order valence-corrected chi connectivity index (χ2v) is 5.24. The van der Waals surface area contributed by atoms with Crippen molar-refractivity contribution in [2.75, 3.05) is 26.6 Å². The first-order valence-electron chi connectivity index (χ1n) is 7.56. The SMILES string of the molecule is COc1ccc2ncc(C#N)c(Nc3ccc(OC)c(OC)c3)c2c1.Cl. The highest BCUT2D eigenvalue weighted by molar-refractivity contribution is 5.96. The van der Waals surface area contributed by atoms with Gasteiger partial charge in [-0.15, -0.1) is 12.4 Å². The molecule has 0 aliphatic rings.